The molecule has 0 aliphatic carbocycles. The Kier molecular flexibility index (Phi) is 3.85. The number of halogens is 3. The highest BCUT2D eigenvalue weighted by Crippen LogP contribution is 2.31. The van der Waals surface area contributed by atoms with E-state index in [2.05, 4.69) is 4.98 Å². The summed E-state index contributed by atoms with van der Waals surface area (Å²) < 4.78 is 37.8. The SMILES string of the molecule is OCCc1ccc(-c2cccc(C(F)(F)F)c2)nc1. The first-order valence-electron chi connectivity index (χ1n) is 5.74. The van der Waals surface area contributed by atoms with E-state index in [1.54, 1.807) is 24.4 Å². The van der Waals surface area contributed by atoms with Gasteiger partial charge in [0.25, 0.3) is 0 Å². The lowest BCUT2D eigenvalue weighted by Crippen LogP contribution is -2.04. The number of aliphatic hydroxyl groups excluding tert-OH is 1. The summed E-state index contributed by atoms with van der Waals surface area (Å²) in [6.45, 7) is 0.0184. The summed E-state index contributed by atoms with van der Waals surface area (Å²) in [4.78, 5) is 4.11. The molecule has 19 heavy (non-hydrogen) atoms. The lowest BCUT2D eigenvalue weighted by Gasteiger charge is -2.08. The number of pyridine rings is 1. The van der Waals surface area contributed by atoms with E-state index >= 15 is 0 Å². The van der Waals surface area contributed by atoms with Gasteiger partial charge in [0.1, 0.15) is 0 Å². The second kappa shape index (κ2) is 5.40. The minimum Gasteiger partial charge on any atom is -0.396 e. The molecule has 1 aromatic heterocycles. The minimum atomic E-state index is -4.35. The molecular formula is C14H12F3NO. The van der Waals surface area contributed by atoms with Crippen LogP contribution in [0.4, 0.5) is 13.2 Å². The van der Waals surface area contributed by atoms with Crippen LogP contribution in [0.1, 0.15) is 11.1 Å². The number of rotatable bonds is 3. The van der Waals surface area contributed by atoms with Crippen LogP contribution >= 0.6 is 0 Å². The summed E-state index contributed by atoms with van der Waals surface area (Å²) in [6.07, 6.45) is -2.31. The average Bonchev–Trinajstić information content (AvgIpc) is 2.39. The third-order valence-corrected chi connectivity index (χ3v) is 2.71. The zero-order valence-electron chi connectivity index (χ0n) is 9.98. The van der Waals surface area contributed by atoms with Crippen molar-refractivity contribution in [1.82, 2.24) is 4.98 Å². The maximum Gasteiger partial charge on any atom is 0.416 e. The predicted molar refractivity (Wildman–Crippen MR) is 65.5 cm³/mol. The molecule has 0 saturated carbocycles. The Morgan fingerprint density at radius 3 is 2.47 bits per heavy atom. The first kappa shape index (κ1) is 13.5. The molecule has 1 heterocycles. The number of hydrogen-bond donors (Lipinski definition) is 1. The van der Waals surface area contributed by atoms with Gasteiger partial charge in [0.2, 0.25) is 0 Å². The number of benzene rings is 1. The molecule has 0 aliphatic rings. The zero-order chi connectivity index (χ0) is 13.9. The quantitative estimate of drug-likeness (QED) is 0.925. The van der Waals surface area contributed by atoms with Crippen LogP contribution in [0.2, 0.25) is 0 Å². The molecule has 5 heteroatoms. The normalized spacial score (nSPS) is 11.6. The van der Waals surface area contributed by atoms with E-state index in [-0.39, 0.29) is 6.61 Å². The van der Waals surface area contributed by atoms with Crippen molar-refractivity contribution in [3.63, 3.8) is 0 Å². The van der Waals surface area contributed by atoms with Gasteiger partial charge in [-0.05, 0) is 30.2 Å². The van der Waals surface area contributed by atoms with Crippen LogP contribution in [0.3, 0.4) is 0 Å². The number of alkyl halides is 3. The fourth-order valence-corrected chi connectivity index (χ4v) is 1.73. The van der Waals surface area contributed by atoms with Crippen molar-refractivity contribution in [1.29, 1.82) is 0 Å². The fraction of sp³-hybridized carbons (Fsp3) is 0.214. The van der Waals surface area contributed by atoms with Gasteiger partial charge in [0, 0.05) is 18.4 Å². The molecule has 2 aromatic rings. The van der Waals surface area contributed by atoms with Crippen LogP contribution in [0.25, 0.3) is 11.3 Å². The first-order valence-corrected chi connectivity index (χ1v) is 5.74. The van der Waals surface area contributed by atoms with Crippen molar-refractivity contribution >= 4 is 0 Å². The Balaban J connectivity index is 2.31. The van der Waals surface area contributed by atoms with Crippen molar-refractivity contribution in [3.05, 3.63) is 53.7 Å². The first-order chi connectivity index (χ1) is 9.00. The van der Waals surface area contributed by atoms with E-state index in [9.17, 15) is 13.2 Å². The predicted octanol–water partition coefficient (Wildman–Crippen LogP) is 3.30. The van der Waals surface area contributed by atoms with Gasteiger partial charge in [0.05, 0.1) is 11.3 Å². The Morgan fingerprint density at radius 1 is 1.11 bits per heavy atom. The van der Waals surface area contributed by atoms with Gasteiger partial charge in [-0.3, -0.25) is 4.98 Å². The molecule has 1 N–H and O–H groups in total. The topological polar surface area (TPSA) is 33.1 Å². The van der Waals surface area contributed by atoms with Crippen molar-refractivity contribution in [2.75, 3.05) is 6.61 Å². The maximum absolute atomic E-state index is 12.6. The maximum atomic E-state index is 12.6. The number of hydrogen-bond acceptors (Lipinski definition) is 2. The molecule has 1 aromatic carbocycles. The van der Waals surface area contributed by atoms with Crippen molar-refractivity contribution in [2.45, 2.75) is 12.6 Å². The van der Waals surface area contributed by atoms with Crippen LogP contribution in [0, 0.1) is 0 Å². The Hall–Kier alpha value is -1.88. The Labute approximate surface area is 108 Å². The highest BCUT2D eigenvalue weighted by atomic mass is 19.4. The van der Waals surface area contributed by atoms with E-state index in [4.69, 9.17) is 5.11 Å². The van der Waals surface area contributed by atoms with Gasteiger partial charge in [-0.15, -0.1) is 0 Å². The molecule has 2 nitrogen and oxygen atoms in total. The number of nitrogens with zero attached hydrogens (tertiary/aromatic N) is 1. The summed E-state index contributed by atoms with van der Waals surface area (Å²) >= 11 is 0. The average molecular weight is 267 g/mol. The van der Waals surface area contributed by atoms with Crippen LogP contribution < -0.4 is 0 Å². The molecule has 0 spiro atoms. The van der Waals surface area contributed by atoms with Crippen LogP contribution in [-0.2, 0) is 12.6 Å². The van der Waals surface area contributed by atoms with Gasteiger partial charge in [-0.25, -0.2) is 0 Å². The van der Waals surface area contributed by atoms with E-state index in [0.717, 1.165) is 17.7 Å². The van der Waals surface area contributed by atoms with Gasteiger partial charge in [-0.2, -0.15) is 13.2 Å². The molecular weight excluding hydrogens is 255 g/mol. The Morgan fingerprint density at radius 2 is 1.89 bits per heavy atom. The third kappa shape index (κ3) is 3.32. The highest BCUT2D eigenvalue weighted by molar-refractivity contribution is 5.60. The van der Waals surface area contributed by atoms with Crippen LogP contribution in [0.15, 0.2) is 42.6 Å². The van der Waals surface area contributed by atoms with Crippen LogP contribution in [-0.4, -0.2) is 16.7 Å². The largest absolute Gasteiger partial charge is 0.416 e. The van der Waals surface area contributed by atoms with E-state index in [1.807, 2.05) is 0 Å². The van der Waals surface area contributed by atoms with E-state index < -0.39 is 11.7 Å². The fourth-order valence-electron chi connectivity index (χ4n) is 1.73. The summed E-state index contributed by atoms with van der Waals surface area (Å²) in [5.74, 6) is 0. The van der Waals surface area contributed by atoms with Gasteiger partial charge >= 0.3 is 6.18 Å². The summed E-state index contributed by atoms with van der Waals surface area (Å²) in [5, 5.41) is 8.78. The highest BCUT2D eigenvalue weighted by Gasteiger charge is 2.30. The second-order valence-corrected chi connectivity index (χ2v) is 4.10. The third-order valence-electron chi connectivity index (χ3n) is 2.71. The van der Waals surface area contributed by atoms with E-state index in [1.165, 1.54) is 6.07 Å². The smallest absolute Gasteiger partial charge is 0.396 e. The molecule has 0 fully saturated rings. The summed E-state index contributed by atoms with van der Waals surface area (Å²) in [5.41, 5.74) is 1.06. The van der Waals surface area contributed by atoms with Gasteiger partial charge < -0.3 is 5.11 Å². The standard InChI is InChI=1S/C14H12F3NO/c15-14(16,17)12-3-1-2-11(8-12)13-5-4-10(6-7-19)9-18-13/h1-5,8-9,19H,6-7H2. The van der Waals surface area contributed by atoms with Gasteiger partial charge in [0.15, 0.2) is 0 Å². The van der Waals surface area contributed by atoms with E-state index in [0.29, 0.717) is 17.7 Å². The number of aromatic nitrogens is 1. The molecule has 0 radical (unpaired) electrons. The lowest BCUT2D eigenvalue weighted by molar-refractivity contribution is -0.137. The molecule has 0 unspecified atom stereocenters. The Bertz CT molecular complexity index is 549. The zero-order valence-corrected chi connectivity index (χ0v) is 9.98. The van der Waals surface area contributed by atoms with Crippen LogP contribution in [0.5, 0.6) is 0 Å². The molecule has 0 amide bonds. The number of aliphatic hydroxyl groups is 1. The van der Waals surface area contributed by atoms with Crippen molar-refractivity contribution in [2.24, 2.45) is 0 Å². The minimum absolute atomic E-state index is 0.0184. The van der Waals surface area contributed by atoms with Crippen molar-refractivity contribution < 1.29 is 18.3 Å². The molecule has 100 valence electrons. The van der Waals surface area contributed by atoms with Crippen molar-refractivity contribution in [3.8, 4) is 11.3 Å². The molecule has 0 saturated heterocycles. The van der Waals surface area contributed by atoms with Gasteiger partial charge in [-0.1, -0.05) is 18.2 Å². The molecule has 0 aliphatic heterocycles. The summed E-state index contributed by atoms with van der Waals surface area (Å²) in [6, 6.07) is 8.46. The lowest BCUT2D eigenvalue weighted by atomic mass is 10.1. The molecule has 0 bridgehead atoms. The molecule has 2 rings (SSSR count). The molecule has 0 atom stereocenters. The second-order valence-electron chi connectivity index (χ2n) is 4.10. The monoisotopic (exact) mass is 267 g/mol. The summed E-state index contributed by atoms with van der Waals surface area (Å²) in [7, 11) is 0.